The number of hydrogen-bond donors (Lipinski definition) is 1. The number of nitriles is 1. The van der Waals surface area contributed by atoms with Gasteiger partial charge >= 0.3 is 0 Å². The molecule has 0 saturated carbocycles. The fourth-order valence-electron chi connectivity index (χ4n) is 1.32. The summed E-state index contributed by atoms with van der Waals surface area (Å²) in [6.07, 6.45) is 1.70. The van der Waals surface area contributed by atoms with E-state index in [1.807, 2.05) is 24.3 Å². The molecule has 0 radical (unpaired) electrons. The van der Waals surface area contributed by atoms with E-state index in [0.717, 1.165) is 11.1 Å². The van der Waals surface area contributed by atoms with Gasteiger partial charge < -0.3 is 10.2 Å². The van der Waals surface area contributed by atoms with Crippen LogP contribution in [0.1, 0.15) is 18.0 Å². The highest BCUT2D eigenvalue weighted by atomic mass is 16.3. The SMILES string of the molecule is N#CCC(N)c1ccc2ncoc2c1. The van der Waals surface area contributed by atoms with Gasteiger partial charge in [0.2, 0.25) is 0 Å². The molecule has 0 fully saturated rings. The van der Waals surface area contributed by atoms with Crippen LogP contribution in [-0.2, 0) is 0 Å². The van der Waals surface area contributed by atoms with Gasteiger partial charge in [-0.25, -0.2) is 4.98 Å². The zero-order chi connectivity index (χ0) is 9.97. The van der Waals surface area contributed by atoms with Crippen molar-refractivity contribution in [2.45, 2.75) is 12.5 Å². The molecule has 1 aromatic carbocycles. The van der Waals surface area contributed by atoms with Crippen molar-refractivity contribution in [3.8, 4) is 6.07 Å². The molecule has 0 saturated heterocycles. The first-order valence-corrected chi connectivity index (χ1v) is 4.27. The molecule has 2 rings (SSSR count). The van der Waals surface area contributed by atoms with E-state index in [-0.39, 0.29) is 6.04 Å². The maximum Gasteiger partial charge on any atom is 0.181 e. The number of nitrogens with zero attached hydrogens (tertiary/aromatic N) is 2. The fourth-order valence-corrected chi connectivity index (χ4v) is 1.32. The van der Waals surface area contributed by atoms with Crippen LogP contribution >= 0.6 is 0 Å². The molecule has 1 unspecified atom stereocenters. The van der Waals surface area contributed by atoms with Crippen molar-refractivity contribution in [2.24, 2.45) is 5.73 Å². The molecule has 0 bridgehead atoms. The van der Waals surface area contributed by atoms with Crippen LogP contribution in [0.25, 0.3) is 11.1 Å². The van der Waals surface area contributed by atoms with Gasteiger partial charge in [0.05, 0.1) is 12.5 Å². The van der Waals surface area contributed by atoms with Crippen LogP contribution in [0.3, 0.4) is 0 Å². The highest BCUT2D eigenvalue weighted by Crippen LogP contribution is 2.19. The predicted octanol–water partition coefficient (Wildman–Crippen LogP) is 1.74. The molecule has 1 heterocycles. The number of aromatic nitrogens is 1. The summed E-state index contributed by atoms with van der Waals surface area (Å²) in [6, 6.07) is 7.31. The van der Waals surface area contributed by atoms with Crippen molar-refractivity contribution in [1.82, 2.24) is 4.98 Å². The van der Waals surface area contributed by atoms with E-state index in [4.69, 9.17) is 15.4 Å². The lowest BCUT2D eigenvalue weighted by atomic mass is 10.1. The average molecular weight is 187 g/mol. The fraction of sp³-hybridized carbons (Fsp3) is 0.200. The van der Waals surface area contributed by atoms with Crippen LogP contribution in [0, 0.1) is 11.3 Å². The summed E-state index contributed by atoms with van der Waals surface area (Å²) in [5.41, 5.74) is 8.19. The lowest BCUT2D eigenvalue weighted by molar-refractivity contribution is 0.600. The van der Waals surface area contributed by atoms with Crippen LogP contribution in [0.4, 0.5) is 0 Å². The van der Waals surface area contributed by atoms with Gasteiger partial charge in [-0.1, -0.05) is 6.07 Å². The Morgan fingerprint density at radius 1 is 1.57 bits per heavy atom. The van der Waals surface area contributed by atoms with Crippen LogP contribution < -0.4 is 5.73 Å². The molecule has 1 aromatic heterocycles. The van der Waals surface area contributed by atoms with E-state index in [0.29, 0.717) is 12.0 Å². The number of nitrogens with two attached hydrogens (primary N) is 1. The monoisotopic (exact) mass is 187 g/mol. The molecule has 4 heteroatoms. The second kappa shape index (κ2) is 3.48. The Morgan fingerprint density at radius 3 is 3.21 bits per heavy atom. The smallest absolute Gasteiger partial charge is 0.181 e. The Bertz CT molecular complexity index is 483. The maximum atomic E-state index is 8.51. The quantitative estimate of drug-likeness (QED) is 0.776. The van der Waals surface area contributed by atoms with Gasteiger partial charge in [-0.15, -0.1) is 0 Å². The topological polar surface area (TPSA) is 75.8 Å². The summed E-state index contributed by atoms with van der Waals surface area (Å²) in [7, 11) is 0. The van der Waals surface area contributed by atoms with Crippen molar-refractivity contribution < 1.29 is 4.42 Å². The number of benzene rings is 1. The minimum atomic E-state index is -0.255. The first-order valence-electron chi connectivity index (χ1n) is 4.27. The summed E-state index contributed by atoms with van der Waals surface area (Å²) in [5, 5.41) is 8.51. The molecular weight excluding hydrogens is 178 g/mol. The minimum Gasteiger partial charge on any atom is -0.443 e. The van der Waals surface area contributed by atoms with Gasteiger partial charge in [0.15, 0.2) is 12.0 Å². The third-order valence-electron chi connectivity index (χ3n) is 2.09. The highest BCUT2D eigenvalue weighted by Gasteiger charge is 2.07. The molecule has 0 amide bonds. The van der Waals surface area contributed by atoms with Crippen molar-refractivity contribution >= 4 is 11.1 Å². The Hall–Kier alpha value is -1.86. The Labute approximate surface area is 81.0 Å². The van der Waals surface area contributed by atoms with Crippen LogP contribution in [0.15, 0.2) is 29.0 Å². The average Bonchev–Trinajstić information content (AvgIpc) is 2.64. The van der Waals surface area contributed by atoms with E-state index >= 15 is 0 Å². The van der Waals surface area contributed by atoms with E-state index in [9.17, 15) is 0 Å². The van der Waals surface area contributed by atoms with Gasteiger partial charge in [-0.2, -0.15) is 5.26 Å². The number of hydrogen-bond acceptors (Lipinski definition) is 4. The molecule has 0 aliphatic carbocycles. The van der Waals surface area contributed by atoms with E-state index in [2.05, 4.69) is 4.98 Å². The standard InChI is InChI=1S/C10H9N3O/c11-4-3-8(12)7-1-2-9-10(5-7)14-6-13-9/h1-2,5-6,8H,3,12H2. The van der Waals surface area contributed by atoms with E-state index < -0.39 is 0 Å². The first kappa shape index (κ1) is 8.73. The van der Waals surface area contributed by atoms with Gasteiger partial charge in [0.25, 0.3) is 0 Å². The Morgan fingerprint density at radius 2 is 2.43 bits per heavy atom. The minimum absolute atomic E-state index is 0.255. The first-order chi connectivity index (χ1) is 6.81. The summed E-state index contributed by atoms with van der Waals surface area (Å²) < 4.78 is 5.14. The Balaban J connectivity index is 2.39. The van der Waals surface area contributed by atoms with Crippen LogP contribution in [-0.4, -0.2) is 4.98 Å². The maximum absolute atomic E-state index is 8.51. The molecule has 1 atom stereocenters. The van der Waals surface area contributed by atoms with Gasteiger partial charge in [0, 0.05) is 6.04 Å². The van der Waals surface area contributed by atoms with Crippen LogP contribution in [0.5, 0.6) is 0 Å². The molecule has 2 N–H and O–H groups in total. The molecule has 14 heavy (non-hydrogen) atoms. The van der Waals surface area contributed by atoms with Gasteiger partial charge in [-0.05, 0) is 17.7 Å². The Kier molecular flexibility index (Phi) is 2.17. The van der Waals surface area contributed by atoms with Crippen LogP contribution in [0.2, 0.25) is 0 Å². The zero-order valence-corrected chi connectivity index (χ0v) is 7.47. The third kappa shape index (κ3) is 1.45. The molecule has 0 spiro atoms. The largest absolute Gasteiger partial charge is 0.443 e. The van der Waals surface area contributed by atoms with E-state index in [1.54, 1.807) is 0 Å². The van der Waals surface area contributed by atoms with Crippen molar-refractivity contribution in [3.63, 3.8) is 0 Å². The van der Waals surface area contributed by atoms with Crippen molar-refractivity contribution in [2.75, 3.05) is 0 Å². The zero-order valence-electron chi connectivity index (χ0n) is 7.47. The molecule has 70 valence electrons. The summed E-state index contributed by atoms with van der Waals surface area (Å²) >= 11 is 0. The van der Waals surface area contributed by atoms with Gasteiger partial charge in [0.1, 0.15) is 5.52 Å². The van der Waals surface area contributed by atoms with Crippen molar-refractivity contribution in [1.29, 1.82) is 5.26 Å². The summed E-state index contributed by atoms with van der Waals surface area (Å²) in [5.74, 6) is 0. The molecule has 4 nitrogen and oxygen atoms in total. The normalized spacial score (nSPS) is 12.6. The second-order valence-corrected chi connectivity index (χ2v) is 3.05. The van der Waals surface area contributed by atoms with Crippen molar-refractivity contribution in [3.05, 3.63) is 30.2 Å². The molecule has 2 aromatic rings. The lowest BCUT2D eigenvalue weighted by Gasteiger charge is -2.06. The number of oxazole rings is 1. The number of rotatable bonds is 2. The predicted molar refractivity (Wildman–Crippen MR) is 51.2 cm³/mol. The third-order valence-corrected chi connectivity index (χ3v) is 2.09. The second-order valence-electron chi connectivity index (χ2n) is 3.05. The molecular formula is C10H9N3O. The molecule has 0 aliphatic rings. The molecule has 0 aliphatic heterocycles. The lowest BCUT2D eigenvalue weighted by Crippen LogP contribution is -2.08. The van der Waals surface area contributed by atoms with Gasteiger partial charge in [-0.3, -0.25) is 0 Å². The highest BCUT2D eigenvalue weighted by molar-refractivity contribution is 5.72. The number of fused-ring (bicyclic) bond motifs is 1. The van der Waals surface area contributed by atoms with E-state index in [1.165, 1.54) is 6.39 Å². The summed E-state index contributed by atoms with van der Waals surface area (Å²) in [6.45, 7) is 0. The summed E-state index contributed by atoms with van der Waals surface area (Å²) in [4.78, 5) is 3.99.